The standard InChI is InChI=1S/C11H22N2O2S/c1-2-9-8-11(9)13-16(14,15)7-3-6-12-10-4-5-10/h9-13H,2-8H2,1H3. The van der Waals surface area contributed by atoms with Crippen LogP contribution in [0.15, 0.2) is 0 Å². The molecule has 5 heteroatoms. The van der Waals surface area contributed by atoms with Gasteiger partial charge in [0.1, 0.15) is 0 Å². The third kappa shape index (κ3) is 4.03. The maximum Gasteiger partial charge on any atom is 0.211 e. The monoisotopic (exact) mass is 246 g/mol. The third-order valence-corrected chi connectivity index (χ3v) is 4.87. The van der Waals surface area contributed by atoms with Crippen molar-refractivity contribution in [1.82, 2.24) is 10.0 Å². The molecule has 2 unspecified atom stereocenters. The molecule has 2 atom stereocenters. The Morgan fingerprint density at radius 2 is 2.06 bits per heavy atom. The van der Waals surface area contributed by atoms with E-state index in [2.05, 4.69) is 17.0 Å². The quantitative estimate of drug-likeness (QED) is 0.624. The molecule has 0 radical (unpaired) electrons. The van der Waals surface area contributed by atoms with Gasteiger partial charge in [0.15, 0.2) is 0 Å². The fraction of sp³-hybridized carbons (Fsp3) is 1.00. The topological polar surface area (TPSA) is 58.2 Å². The number of hydrogen-bond acceptors (Lipinski definition) is 3. The molecular formula is C11H22N2O2S. The molecule has 2 saturated carbocycles. The maximum atomic E-state index is 11.7. The Morgan fingerprint density at radius 1 is 1.31 bits per heavy atom. The van der Waals surface area contributed by atoms with E-state index in [-0.39, 0.29) is 11.8 Å². The molecule has 0 aromatic carbocycles. The molecule has 0 heterocycles. The highest BCUT2D eigenvalue weighted by atomic mass is 32.2. The number of hydrogen-bond donors (Lipinski definition) is 2. The highest BCUT2D eigenvalue weighted by Gasteiger charge is 2.37. The summed E-state index contributed by atoms with van der Waals surface area (Å²) in [6.45, 7) is 2.94. The molecule has 2 fully saturated rings. The molecule has 0 saturated heterocycles. The van der Waals surface area contributed by atoms with Gasteiger partial charge in [0.2, 0.25) is 10.0 Å². The first kappa shape index (κ1) is 12.3. The van der Waals surface area contributed by atoms with Crippen LogP contribution in [0.2, 0.25) is 0 Å². The normalized spacial score (nSPS) is 29.3. The molecule has 0 aliphatic heterocycles. The van der Waals surface area contributed by atoms with Crippen molar-refractivity contribution in [3.63, 3.8) is 0 Å². The van der Waals surface area contributed by atoms with Gasteiger partial charge >= 0.3 is 0 Å². The van der Waals surface area contributed by atoms with E-state index in [1.807, 2.05) is 0 Å². The maximum absolute atomic E-state index is 11.7. The van der Waals surface area contributed by atoms with Crippen LogP contribution in [0.25, 0.3) is 0 Å². The minimum Gasteiger partial charge on any atom is -0.314 e. The van der Waals surface area contributed by atoms with Crippen LogP contribution in [-0.2, 0) is 10.0 Å². The average Bonchev–Trinajstić information content (AvgIpc) is 3.07. The van der Waals surface area contributed by atoms with Gasteiger partial charge in [-0.25, -0.2) is 13.1 Å². The Labute approximate surface area is 98.2 Å². The second-order valence-electron chi connectivity index (χ2n) is 5.03. The lowest BCUT2D eigenvalue weighted by molar-refractivity contribution is 0.569. The van der Waals surface area contributed by atoms with Crippen molar-refractivity contribution in [3.8, 4) is 0 Å². The molecule has 2 rings (SSSR count). The van der Waals surface area contributed by atoms with Crippen LogP contribution in [-0.4, -0.2) is 32.8 Å². The fourth-order valence-corrected chi connectivity index (χ4v) is 3.38. The summed E-state index contributed by atoms with van der Waals surface area (Å²) in [5.74, 6) is 0.846. The van der Waals surface area contributed by atoms with Gasteiger partial charge in [-0.3, -0.25) is 0 Å². The van der Waals surface area contributed by atoms with Crippen molar-refractivity contribution in [1.29, 1.82) is 0 Å². The molecule has 4 nitrogen and oxygen atoms in total. The SMILES string of the molecule is CCC1CC1NS(=O)(=O)CCCNC1CC1. The molecule has 2 N–H and O–H groups in total. The minimum absolute atomic E-state index is 0.228. The predicted molar refractivity (Wildman–Crippen MR) is 64.8 cm³/mol. The number of rotatable bonds is 8. The van der Waals surface area contributed by atoms with Gasteiger partial charge in [-0.2, -0.15) is 0 Å². The lowest BCUT2D eigenvalue weighted by atomic mass is 10.3. The first-order valence-corrected chi connectivity index (χ1v) is 7.99. The molecule has 0 aromatic rings. The van der Waals surface area contributed by atoms with Crippen LogP contribution in [0.4, 0.5) is 0 Å². The molecule has 0 aromatic heterocycles. The summed E-state index contributed by atoms with van der Waals surface area (Å²) in [7, 11) is -3.03. The zero-order valence-electron chi connectivity index (χ0n) is 9.91. The summed E-state index contributed by atoms with van der Waals surface area (Å²) in [6.07, 6.45) is 5.33. The van der Waals surface area contributed by atoms with Gasteiger partial charge in [0.05, 0.1) is 5.75 Å². The highest BCUT2D eigenvalue weighted by molar-refractivity contribution is 7.89. The van der Waals surface area contributed by atoms with Gasteiger partial charge in [-0.15, -0.1) is 0 Å². The van der Waals surface area contributed by atoms with E-state index in [0.29, 0.717) is 12.0 Å². The van der Waals surface area contributed by atoms with Crippen LogP contribution in [0.5, 0.6) is 0 Å². The minimum atomic E-state index is -3.03. The Bertz CT molecular complexity index is 325. The van der Waals surface area contributed by atoms with Crippen molar-refractivity contribution in [2.75, 3.05) is 12.3 Å². The van der Waals surface area contributed by atoms with Crippen molar-refractivity contribution in [2.45, 2.75) is 51.1 Å². The van der Waals surface area contributed by atoms with Crippen LogP contribution < -0.4 is 10.0 Å². The summed E-state index contributed by atoms with van der Waals surface area (Å²) in [5, 5.41) is 3.33. The van der Waals surface area contributed by atoms with E-state index in [9.17, 15) is 8.42 Å². The summed E-state index contributed by atoms with van der Waals surface area (Å²) < 4.78 is 26.1. The molecule has 2 aliphatic carbocycles. The Balaban J connectivity index is 1.59. The first-order valence-electron chi connectivity index (χ1n) is 6.34. The summed E-state index contributed by atoms with van der Waals surface area (Å²) in [5.41, 5.74) is 0. The Hall–Kier alpha value is -0.130. The largest absolute Gasteiger partial charge is 0.314 e. The highest BCUT2D eigenvalue weighted by Crippen LogP contribution is 2.33. The Kier molecular flexibility index (Phi) is 3.87. The smallest absolute Gasteiger partial charge is 0.211 e. The van der Waals surface area contributed by atoms with Gasteiger partial charge in [0.25, 0.3) is 0 Å². The summed E-state index contributed by atoms with van der Waals surface area (Å²) in [4.78, 5) is 0. The van der Waals surface area contributed by atoms with Crippen LogP contribution >= 0.6 is 0 Å². The lowest BCUT2D eigenvalue weighted by Crippen LogP contribution is -2.31. The second kappa shape index (κ2) is 5.02. The average molecular weight is 246 g/mol. The van der Waals surface area contributed by atoms with Crippen LogP contribution in [0.3, 0.4) is 0 Å². The van der Waals surface area contributed by atoms with Crippen molar-refractivity contribution >= 4 is 10.0 Å². The van der Waals surface area contributed by atoms with Crippen molar-refractivity contribution in [3.05, 3.63) is 0 Å². The van der Waals surface area contributed by atoms with Crippen LogP contribution in [0, 0.1) is 5.92 Å². The van der Waals surface area contributed by atoms with E-state index in [0.717, 1.165) is 25.8 Å². The van der Waals surface area contributed by atoms with E-state index in [4.69, 9.17) is 0 Å². The van der Waals surface area contributed by atoms with Gasteiger partial charge < -0.3 is 5.32 Å². The summed E-state index contributed by atoms with van der Waals surface area (Å²) in [6, 6.07) is 0.898. The van der Waals surface area contributed by atoms with E-state index in [1.165, 1.54) is 12.8 Å². The third-order valence-electron chi connectivity index (χ3n) is 3.38. The van der Waals surface area contributed by atoms with E-state index in [1.54, 1.807) is 0 Å². The predicted octanol–water partition coefficient (Wildman–Crippen LogP) is 0.846. The molecule has 0 spiro atoms. The lowest BCUT2D eigenvalue weighted by Gasteiger charge is -2.06. The molecule has 0 amide bonds. The molecule has 94 valence electrons. The van der Waals surface area contributed by atoms with Crippen molar-refractivity contribution < 1.29 is 8.42 Å². The Morgan fingerprint density at radius 3 is 2.62 bits per heavy atom. The second-order valence-corrected chi connectivity index (χ2v) is 6.90. The number of nitrogens with one attached hydrogen (secondary N) is 2. The van der Waals surface area contributed by atoms with Crippen molar-refractivity contribution in [2.24, 2.45) is 5.92 Å². The van der Waals surface area contributed by atoms with E-state index >= 15 is 0 Å². The molecule has 2 aliphatic rings. The molecule has 16 heavy (non-hydrogen) atoms. The van der Waals surface area contributed by atoms with E-state index < -0.39 is 10.0 Å². The summed E-state index contributed by atoms with van der Waals surface area (Å²) >= 11 is 0. The molecular weight excluding hydrogens is 224 g/mol. The van der Waals surface area contributed by atoms with Crippen LogP contribution in [0.1, 0.15) is 39.0 Å². The molecule has 0 bridgehead atoms. The number of sulfonamides is 1. The zero-order valence-corrected chi connectivity index (χ0v) is 10.7. The first-order chi connectivity index (χ1) is 7.61. The van der Waals surface area contributed by atoms with Gasteiger partial charge in [0, 0.05) is 12.1 Å². The fourth-order valence-electron chi connectivity index (χ4n) is 1.99. The van der Waals surface area contributed by atoms with Gasteiger partial charge in [-0.1, -0.05) is 13.3 Å². The van der Waals surface area contributed by atoms with Gasteiger partial charge in [-0.05, 0) is 38.1 Å². The zero-order chi connectivity index (χ0) is 11.6.